The molecule has 0 radical (unpaired) electrons. The van der Waals surface area contributed by atoms with E-state index in [9.17, 15) is 4.57 Å². The molecular weight excluding hydrogens is 700 g/mol. The highest BCUT2D eigenvalue weighted by molar-refractivity contribution is 7.99. The fraction of sp³-hybridized carbons (Fsp3) is 0.312. The molecule has 50 heavy (non-hydrogen) atoms. The Bertz CT molecular complexity index is 2010. The summed E-state index contributed by atoms with van der Waals surface area (Å²) >= 11 is 2.96. The second-order valence-corrected chi connectivity index (χ2v) is 15.2. The lowest BCUT2D eigenvalue weighted by molar-refractivity contribution is -0.0808. The average Bonchev–Trinajstić information content (AvgIpc) is 3.97. The number of imidazole rings is 2. The summed E-state index contributed by atoms with van der Waals surface area (Å²) in [6.07, 6.45) is 6.64. The van der Waals surface area contributed by atoms with Gasteiger partial charge in [-0.25, -0.2) is 19.9 Å². The molecule has 256 valence electrons. The van der Waals surface area contributed by atoms with E-state index in [1.54, 1.807) is 12.7 Å². The Morgan fingerprint density at radius 2 is 1.08 bits per heavy atom. The number of hydrogen-bond donors (Lipinski definition) is 2. The monoisotopic (exact) mass is 731 g/mol. The SMILES string of the molecule is Nc1nc(Sc2ccccc2)c2ncn(CC3(OCO[P+](=O)OCOC4(Cn5cnc6c(Sc7ccccc7)nc(N)nc65)CC4)CC3)c2n1. The zero-order valence-electron chi connectivity index (χ0n) is 26.6. The molecule has 2 aliphatic carbocycles. The van der Waals surface area contributed by atoms with Gasteiger partial charge in [0.05, 0.1) is 36.9 Å². The number of nitrogen functional groups attached to an aromatic ring is 2. The molecule has 2 aliphatic rings. The number of benzene rings is 2. The minimum absolute atomic E-state index is 0.167. The summed E-state index contributed by atoms with van der Waals surface area (Å²) in [5.41, 5.74) is 13.7. The van der Waals surface area contributed by atoms with E-state index in [0.29, 0.717) is 45.5 Å². The van der Waals surface area contributed by atoms with Crippen molar-refractivity contribution < 1.29 is 23.1 Å². The molecule has 4 N–H and O–H groups in total. The summed E-state index contributed by atoms with van der Waals surface area (Å²) in [4.78, 5) is 28.9. The molecule has 6 aromatic rings. The van der Waals surface area contributed by atoms with E-state index in [0.717, 1.165) is 35.5 Å². The molecule has 0 saturated heterocycles. The Labute approximate surface area is 295 Å². The third-order valence-corrected chi connectivity index (χ3v) is 11.0. The van der Waals surface area contributed by atoms with Gasteiger partial charge in [0.2, 0.25) is 25.5 Å². The van der Waals surface area contributed by atoms with Crippen LogP contribution in [0.4, 0.5) is 11.9 Å². The van der Waals surface area contributed by atoms with Gasteiger partial charge in [0.15, 0.2) is 11.3 Å². The first-order valence-corrected chi connectivity index (χ1v) is 18.5. The van der Waals surface area contributed by atoms with Gasteiger partial charge < -0.3 is 30.1 Å². The Morgan fingerprint density at radius 1 is 0.660 bits per heavy atom. The summed E-state index contributed by atoms with van der Waals surface area (Å²) in [6.45, 7) is 0.553. The van der Waals surface area contributed by atoms with Crippen molar-refractivity contribution >= 4 is 66.0 Å². The summed E-state index contributed by atoms with van der Waals surface area (Å²) in [5, 5.41) is 1.36. The van der Waals surface area contributed by atoms with Crippen LogP contribution in [0.15, 0.2) is 93.2 Å². The third-order valence-electron chi connectivity index (χ3n) is 8.39. The van der Waals surface area contributed by atoms with Crippen LogP contribution in [0, 0.1) is 0 Å². The van der Waals surface area contributed by atoms with Gasteiger partial charge in [-0.05, 0) is 49.9 Å². The van der Waals surface area contributed by atoms with Crippen LogP contribution in [-0.2, 0) is 36.2 Å². The first kappa shape index (κ1) is 33.0. The van der Waals surface area contributed by atoms with E-state index < -0.39 is 19.5 Å². The van der Waals surface area contributed by atoms with Crippen LogP contribution in [-0.4, -0.2) is 63.8 Å². The van der Waals surface area contributed by atoms with Crippen molar-refractivity contribution in [2.75, 3.05) is 25.1 Å². The van der Waals surface area contributed by atoms with Crippen LogP contribution in [0.3, 0.4) is 0 Å². The highest BCUT2D eigenvalue weighted by Crippen LogP contribution is 2.44. The molecule has 2 aromatic carbocycles. The van der Waals surface area contributed by atoms with Gasteiger partial charge in [-0.3, -0.25) is 0 Å². The maximum absolute atomic E-state index is 12.5. The summed E-state index contributed by atoms with van der Waals surface area (Å²) in [7, 11) is -2.47. The van der Waals surface area contributed by atoms with Crippen molar-refractivity contribution in [2.24, 2.45) is 0 Å². The lowest BCUT2D eigenvalue weighted by Gasteiger charge is -2.16. The highest BCUT2D eigenvalue weighted by atomic mass is 32.2. The van der Waals surface area contributed by atoms with Gasteiger partial charge >= 0.3 is 8.25 Å². The van der Waals surface area contributed by atoms with Gasteiger partial charge in [-0.15, -0.1) is 0 Å². The Hall–Kier alpha value is -4.22. The predicted octanol–water partition coefficient (Wildman–Crippen LogP) is 5.84. The quantitative estimate of drug-likeness (QED) is 0.0685. The summed E-state index contributed by atoms with van der Waals surface area (Å²) in [6, 6.07) is 19.8. The average molecular weight is 732 g/mol. The van der Waals surface area contributed by atoms with E-state index >= 15 is 0 Å². The molecule has 18 heteroatoms. The minimum Gasteiger partial charge on any atom is -0.368 e. The van der Waals surface area contributed by atoms with Crippen LogP contribution in [0.1, 0.15) is 25.7 Å². The summed E-state index contributed by atoms with van der Waals surface area (Å²) < 4.78 is 39.1. The van der Waals surface area contributed by atoms with Crippen molar-refractivity contribution in [3.05, 3.63) is 73.3 Å². The molecule has 4 aromatic heterocycles. The number of anilines is 2. The number of ether oxygens (including phenoxy) is 2. The van der Waals surface area contributed by atoms with E-state index in [1.165, 1.54) is 23.5 Å². The number of nitrogens with zero attached hydrogens (tertiary/aromatic N) is 8. The van der Waals surface area contributed by atoms with Gasteiger partial charge in [0.25, 0.3) is 0 Å². The number of nitrogens with two attached hydrogens (primary N) is 2. The molecule has 0 spiro atoms. The van der Waals surface area contributed by atoms with Gasteiger partial charge in [0, 0.05) is 14.4 Å². The number of hydrogen-bond acceptors (Lipinski definition) is 15. The minimum atomic E-state index is -2.47. The largest absolute Gasteiger partial charge is 0.702 e. The molecule has 2 fully saturated rings. The van der Waals surface area contributed by atoms with Crippen molar-refractivity contribution in [3.8, 4) is 0 Å². The summed E-state index contributed by atoms with van der Waals surface area (Å²) in [5.74, 6) is 0.334. The zero-order valence-corrected chi connectivity index (χ0v) is 29.1. The maximum Gasteiger partial charge on any atom is 0.702 e. The zero-order chi connectivity index (χ0) is 34.1. The third kappa shape index (κ3) is 7.44. The van der Waals surface area contributed by atoms with Crippen LogP contribution in [0.5, 0.6) is 0 Å². The highest BCUT2D eigenvalue weighted by Gasteiger charge is 2.47. The molecule has 0 aliphatic heterocycles. The van der Waals surface area contributed by atoms with E-state index in [1.807, 2.05) is 69.8 Å². The van der Waals surface area contributed by atoms with Crippen LogP contribution < -0.4 is 11.5 Å². The maximum atomic E-state index is 12.5. The van der Waals surface area contributed by atoms with Crippen molar-refractivity contribution in [1.82, 2.24) is 39.0 Å². The molecular formula is C32H32N10O5PS2+. The fourth-order valence-electron chi connectivity index (χ4n) is 5.46. The molecule has 0 unspecified atom stereocenters. The van der Waals surface area contributed by atoms with Crippen LogP contribution >= 0.6 is 31.8 Å². The van der Waals surface area contributed by atoms with E-state index in [-0.39, 0.29) is 25.5 Å². The predicted molar refractivity (Wildman–Crippen MR) is 186 cm³/mol. The number of aromatic nitrogens is 8. The molecule has 8 rings (SSSR count). The molecule has 4 heterocycles. The second-order valence-electron chi connectivity index (χ2n) is 12.1. The fourth-order valence-corrected chi connectivity index (χ4v) is 7.61. The topological polar surface area (TPSA) is 193 Å². The molecule has 0 atom stereocenters. The first-order valence-electron chi connectivity index (χ1n) is 15.8. The lowest BCUT2D eigenvalue weighted by atomic mass is 10.3. The smallest absolute Gasteiger partial charge is 0.368 e. The Morgan fingerprint density at radius 3 is 1.48 bits per heavy atom. The second kappa shape index (κ2) is 13.8. The van der Waals surface area contributed by atoms with Crippen LogP contribution in [0.2, 0.25) is 0 Å². The number of rotatable bonds is 16. The first-order chi connectivity index (χ1) is 24.4. The van der Waals surface area contributed by atoms with Gasteiger partial charge in [-0.1, -0.05) is 69.0 Å². The van der Waals surface area contributed by atoms with Crippen LogP contribution in [0.25, 0.3) is 22.3 Å². The Kier molecular flexibility index (Phi) is 9.11. The normalized spacial score (nSPS) is 15.8. The molecule has 15 nitrogen and oxygen atoms in total. The Balaban J connectivity index is 0.822. The lowest BCUT2D eigenvalue weighted by Crippen LogP contribution is -2.23. The van der Waals surface area contributed by atoms with Gasteiger partial charge in [-0.2, -0.15) is 9.97 Å². The van der Waals surface area contributed by atoms with Gasteiger partial charge in [0.1, 0.15) is 21.1 Å². The van der Waals surface area contributed by atoms with E-state index in [4.69, 9.17) is 30.0 Å². The molecule has 2 saturated carbocycles. The molecule has 0 bridgehead atoms. The van der Waals surface area contributed by atoms with Crippen molar-refractivity contribution in [1.29, 1.82) is 0 Å². The number of fused-ring (bicyclic) bond motifs is 2. The standard InChI is InChI=1S/C32H32N10O5PS2/c33-29-37-25-23(27(39-29)49-21-7-3-1-4-8-21)35-17-41(25)15-31(11-12-31)44-19-46-48(43)47-20-45-32(13-14-32)16-42-18-36-24-26(42)38-30(34)40-28(24)50-22-9-5-2-6-10-22/h1-10,17-18H,11-16,19-20H2,(H2,33,37,39)(H2,34,38,40)/q+1. The molecule has 0 amide bonds. The van der Waals surface area contributed by atoms with Crippen molar-refractivity contribution in [2.45, 2.75) is 69.8 Å². The van der Waals surface area contributed by atoms with Crippen molar-refractivity contribution in [3.63, 3.8) is 0 Å². The van der Waals surface area contributed by atoms with E-state index in [2.05, 4.69) is 29.9 Å².